The molecule has 0 aliphatic carbocycles. The molecule has 14 heavy (non-hydrogen) atoms. The predicted molar refractivity (Wildman–Crippen MR) is 65.3 cm³/mol. The molecular weight excluding hydrogens is 172 g/mol. The van der Waals surface area contributed by atoms with Gasteiger partial charge in [-0.05, 0) is 31.9 Å². The molecule has 0 spiro atoms. The molecule has 0 aromatic rings. The SMILES string of the molecule is C\C=C/C=N\C(C)=C(\C=NC)CCC. The van der Waals surface area contributed by atoms with E-state index in [0.717, 1.165) is 18.5 Å². The molecular formula is C12H20N2. The first-order valence-corrected chi connectivity index (χ1v) is 5.03. The van der Waals surface area contributed by atoms with Crippen molar-refractivity contribution >= 4 is 12.4 Å². The quantitative estimate of drug-likeness (QED) is 0.596. The van der Waals surface area contributed by atoms with E-state index in [4.69, 9.17) is 0 Å². The second kappa shape index (κ2) is 8.42. The summed E-state index contributed by atoms with van der Waals surface area (Å²) in [6, 6.07) is 0. The Morgan fingerprint density at radius 1 is 1.36 bits per heavy atom. The third kappa shape index (κ3) is 5.46. The summed E-state index contributed by atoms with van der Waals surface area (Å²) >= 11 is 0. The molecule has 0 aliphatic rings. The van der Waals surface area contributed by atoms with Crippen LogP contribution in [0.4, 0.5) is 0 Å². The fourth-order valence-electron chi connectivity index (χ4n) is 1.09. The zero-order valence-electron chi connectivity index (χ0n) is 9.62. The van der Waals surface area contributed by atoms with Crippen LogP contribution in [0.5, 0.6) is 0 Å². The molecule has 0 saturated carbocycles. The van der Waals surface area contributed by atoms with E-state index in [1.54, 1.807) is 7.05 Å². The lowest BCUT2D eigenvalue weighted by Gasteiger charge is -2.01. The summed E-state index contributed by atoms with van der Waals surface area (Å²) in [5, 5.41) is 0. The van der Waals surface area contributed by atoms with E-state index in [0.29, 0.717) is 0 Å². The molecule has 0 aromatic heterocycles. The first-order valence-electron chi connectivity index (χ1n) is 5.03. The van der Waals surface area contributed by atoms with Gasteiger partial charge >= 0.3 is 0 Å². The number of rotatable bonds is 5. The lowest BCUT2D eigenvalue weighted by atomic mass is 10.1. The van der Waals surface area contributed by atoms with Crippen molar-refractivity contribution in [3.63, 3.8) is 0 Å². The average molecular weight is 192 g/mol. The topological polar surface area (TPSA) is 24.7 Å². The predicted octanol–water partition coefficient (Wildman–Crippen LogP) is 3.41. The van der Waals surface area contributed by atoms with Crippen LogP contribution < -0.4 is 0 Å². The maximum Gasteiger partial charge on any atom is 0.0419 e. The van der Waals surface area contributed by atoms with Crippen molar-refractivity contribution in [3.8, 4) is 0 Å². The van der Waals surface area contributed by atoms with Gasteiger partial charge in [0.15, 0.2) is 0 Å². The highest BCUT2D eigenvalue weighted by Crippen LogP contribution is 2.09. The minimum absolute atomic E-state index is 1.04. The molecule has 0 fully saturated rings. The molecule has 0 aliphatic heterocycles. The minimum atomic E-state index is 1.04. The number of aliphatic imine (C=N–C) groups is 2. The fraction of sp³-hybridized carbons (Fsp3) is 0.500. The highest BCUT2D eigenvalue weighted by Gasteiger charge is 1.96. The Balaban J connectivity index is 4.61. The van der Waals surface area contributed by atoms with Crippen LogP contribution >= 0.6 is 0 Å². The number of allylic oxidation sites excluding steroid dienone is 4. The lowest BCUT2D eigenvalue weighted by molar-refractivity contribution is 0.923. The van der Waals surface area contributed by atoms with E-state index in [2.05, 4.69) is 16.9 Å². The van der Waals surface area contributed by atoms with Crippen molar-refractivity contribution in [2.45, 2.75) is 33.6 Å². The standard InChI is InChI=1S/C12H20N2/c1-5-7-9-14-11(3)12(8-6-2)10-13-4/h5,7,9-10H,6,8H2,1-4H3/b7-5-,12-11+,13-10?,14-9-. The van der Waals surface area contributed by atoms with Crippen LogP contribution in [0, 0.1) is 0 Å². The maximum atomic E-state index is 4.33. The van der Waals surface area contributed by atoms with Crippen molar-refractivity contribution in [2.24, 2.45) is 9.98 Å². The van der Waals surface area contributed by atoms with E-state index < -0.39 is 0 Å². The van der Waals surface area contributed by atoms with Crippen LogP contribution in [0.15, 0.2) is 33.4 Å². The van der Waals surface area contributed by atoms with Gasteiger partial charge in [-0.25, -0.2) is 0 Å². The van der Waals surface area contributed by atoms with E-state index in [1.807, 2.05) is 38.4 Å². The Kier molecular flexibility index (Phi) is 7.71. The normalized spacial score (nSPS) is 14.6. The molecule has 0 atom stereocenters. The molecule has 0 saturated heterocycles. The van der Waals surface area contributed by atoms with Crippen molar-refractivity contribution < 1.29 is 0 Å². The minimum Gasteiger partial charge on any atom is -0.296 e. The van der Waals surface area contributed by atoms with Crippen LogP contribution in [0.2, 0.25) is 0 Å². The van der Waals surface area contributed by atoms with Crippen molar-refractivity contribution in [3.05, 3.63) is 23.4 Å². The van der Waals surface area contributed by atoms with Crippen LogP contribution in [-0.2, 0) is 0 Å². The zero-order valence-corrected chi connectivity index (χ0v) is 9.62. The molecule has 2 nitrogen and oxygen atoms in total. The summed E-state index contributed by atoms with van der Waals surface area (Å²) in [5.41, 5.74) is 2.27. The van der Waals surface area contributed by atoms with Gasteiger partial charge in [0.05, 0.1) is 0 Å². The highest BCUT2D eigenvalue weighted by molar-refractivity contribution is 5.80. The Hall–Kier alpha value is -1.18. The summed E-state index contributed by atoms with van der Waals surface area (Å²) in [4.78, 5) is 8.36. The lowest BCUT2D eigenvalue weighted by Crippen LogP contribution is -1.89. The smallest absolute Gasteiger partial charge is 0.0419 e. The summed E-state index contributed by atoms with van der Waals surface area (Å²) in [7, 11) is 1.79. The van der Waals surface area contributed by atoms with Crippen LogP contribution in [-0.4, -0.2) is 19.5 Å². The van der Waals surface area contributed by atoms with Gasteiger partial charge in [-0.1, -0.05) is 19.4 Å². The van der Waals surface area contributed by atoms with Crippen LogP contribution in [0.1, 0.15) is 33.6 Å². The van der Waals surface area contributed by atoms with Crippen molar-refractivity contribution in [1.29, 1.82) is 0 Å². The number of hydrogen-bond donors (Lipinski definition) is 0. The summed E-state index contributed by atoms with van der Waals surface area (Å²) < 4.78 is 0. The third-order valence-electron chi connectivity index (χ3n) is 1.82. The van der Waals surface area contributed by atoms with Crippen molar-refractivity contribution in [1.82, 2.24) is 0 Å². The summed E-state index contributed by atoms with van der Waals surface area (Å²) in [5.74, 6) is 0. The largest absolute Gasteiger partial charge is 0.296 e. The Morgan fingerprint density at radius 3 is 2.57 bits per heavy atom. The van der Waals surface area contributed by atoms with Gasteiger partial charge in [0.1, 0.15) is 0 Å². The van der Waals surface area contributed by atoms with Crippen LogP contribution in [0.3, 0.4) is 0 Å². The summed E-state index contributed by atoms with van der Waals surface area (Å²) in [6.45, 7) is 6.16. The summed E-state index contributed by atoms with van der Waals surface area (Å²) in [6.07, 6.45) is 9.76. The number of nitrogens with zero attached hydrogens (tertiary/aromatic N) is 2. The molecule has 0 amide bonds. The highest BCUT2D eigenvalue weighted by atomic mass is 14.7. The average Bonchev–Trinajstić information content (AvgIpc) is 2.18. The molecule has 0 aromatic carbocycles. The van der Waals surface area contributed by atoms with E-state index in [1.165, 1.54) is 5.57 Å². The second-order valence-corrected chi connectivity index (χ2v) is 3.05. The molecule has 0 heterocycles. The van der Waals surface area contributed by atoms with Gasteiger partial charge in [0.2, 0.25) is 0 Å². The van der Waals surface area contributed by atoms with E-state index >= 15 is 0 Å². The molecule has 0 N–H and O–H groups in total. The van der Waals surface area contributed by atoms with Gasteiger partial charge in [-0.15, -0.1) is 0 Å². The van der Waals surface area contributed by atoms with Gasteiger partial charge in [0.25, 0.3) is 0 Å². The monoisotopic (exact) mass is 192 g/mol. The second-order valence-electron chi connectivity index (χ2n) is 3.05. The molecule has 78 valence electrons. The molecule has 2 heteroatoms. The number of hydrogen-bond acceptors (Lipinski definition) is 2. The Morgan fingerprint density at radius 2 is 2.07 bits per heavy atom. The first-order chi connectivity index (χ1) is 6.76. The van der Waals surface area contributed by atoms with Gasteiger partial charge in [-0.3, -0.25) is 9.98 Å². The molecule has 0 bridgehead atoms. The van der Waals surface area contributed by atoms with Gasteiger partial charge in [0, 0.05) is 25.2 Å². The zero-order chi connectivity index (χ0) is 10.8. The van der Waals surface area contributed by atoms with Crippen LogP contribution in [0.25, 0.3) is 0 Å². The maximum absolute atomic E-state index is 4.33. The molecule has 0 unspecified atom stereocenters. The fourth-order valence-corrected chi connectivity index (χ4v) is 1.09. The molecule has 0 rings (SSSR count). The molecule has 0 radical (unpaired) electrons. The van der Waals surface area contributed by atoms with Crippen molar-refractivity contribution in [2.75, 3.05) is 7.05 Å². The Labute approximate surface area is 87.2 Å². The van der Waals surface area contributed by atoms with Gasteiger partial charge in [-0.2, -0.15) is 0 Å². The van der Waals surface area contributed by atoms with E-state index in [9.17, 15) is 0 Å². The third-order valence-corrected chi connectivity index (χ3v) is 1.82. The first kappa shape index (κ1) is 12.8. The van der Waals surface area contributed by atoms with Gasteiger partial charge < -0.3 is 0 Å². The van der Waals surface area contributed by atoms with E-state index in [-0.39, 0.29) is 0 Å². The Bertz CT molecular complexity index is 257.